The maximum atomic E-state index is 14.3. The van der Waals surface area contributed by atoms with Crippen LogP contribution < -0.4 is 15.8 Å². The first kappa shape index (κ1) is 37.9. The molecule has 0 spiro atoms. The lowest BCUT2D eigenvalue weighted by Crippen LogP contribution is -2.22. The van der Waals surface area contributed by atoms with Gasteiger partial charge >= 0.3 is 0 Å². The van der Waals surface area contributed by atoms with Crippen molar-refractivity contribution in [3.63, 3.8) is 0 Å². The molecule has 0 bridgehead atoms. The number of carbonyl (C=O) groups excluding carboxylic acids is 1. The molecule has 1 aliphatic heterocycles. The Labute approximate surface area is 234 Å². The second kappa shape index (κ2) is 25.0. The van der Waals surface area contributed by atoms with Gasteiger partial charge in [-0.1, -0.05) is 45.6 Å². The number of carbonyl (C=O) groups is 1. The number of aliphatic hydroxyl groups is 1. The molecule has 1 aliphatic rings. The molecule has 7 nitrogen and oxygen atoms in total. The second-order valence-electron chi connectivity index (χ2n) is 8.20. The van der Waals surface area contributed by atoms with E-state index in [0.717, 1.165) is 58.1 Å². The molecule has 3 rings (SSSR count). The maximum absolute atomic E-state index is 14.3. The van der Waals surface area contributed by atoms with Gasteiger partial charge in [0.2, 0.25) is 11.8 Å². The topological polar surface area (TPSA) is 107 Å². The van der Waals surface area contributed by atoms with E-state index in [1.165, 1.54) is 30.0 Å². The number of pyridine rings is 1. The summed E-state index contributed by atoms with van der Waals surface area (Å²) in [7, 11) is 1.00. The number of nitrogens with two attached hydrogens (primary N) is 1. The van der Waals surface area contributed by atoms with Gasteiger partial charge in [0.25, 0.3) is 0 Å². The van der Waals surface area contributed by atoms with E-state index in [4.69, 9.17) is 20.3 Å². The lowest BCUT2D eigenvalue weighted by Gasteiger charge is -2.21. The van der Waals surface area contributed by atoms with Crippen LogP contribution in [0.4, 0.5) is 4.39 Å². The van der Waals surface area contributed by atoms with Gasteiger partial charge in [-0.05, 0) is 68.8 Å². The molecule has 2 aromatic rings. The molecule has 1 fully saturated rings. The summed E-state index contributed by atoms with van der Waals surface area (Å²) < 4.78 is 25.1. The van der Waals surface area contributed by atoms with E-state index >= 15 is 0 Å². The van der Waals surface area contributed by atoms with Crippen molar-refractivity contribution >= 4 is 5.91 Å². The number of rotatable bonds is 9. The van der Waals surface area contributed by atoms with E-state index in [0.29, 0.717) is 12.5 Å². The number of primary amides is 1. The van der Waals surface area contributed by atoms with Crippen LogP contribution in [-0.4, -0.2) is 42.9 Å². The van der Waals surface area contributed by atoms with Gasteiger partial charge in [0.05, 0.1) is 5.56 Å². The Bertz CT molecular complexity index is 953. The molecule has 1 saturated heterocycles. The molecule has 1 aromatic heterocycles. The van der Waals surface area contributed by atoms with Crippen LogP contribution in [-0.2, 0) is 11.3 Å². The fourth-order valence-electron chi connectivity index (χ4n) is 3.01. The zero-order chi connectivity index (χ0) is 30.1. The molecule has 8 heteroatoms. The first-order valence-electron chi connectivity index (χ1n) is 13.2. The highest BCUT2D eigenvalue weighted by molar-refractivity contribution is 5.92. The van der Waals surface area contributed by atoms with Crippen molar-refractivity contribution in [2.45, 2.75) is 59.9 Å². The molecule has 0 atom stereocenters. The number of amides is 1. The van der Waals surface area contributed by atoms with Crippen LogP contribution in [0.1, 0.15) is 69.3 Å². The first-order chi connectivity index (χ1) is 18.8. The molecule has 1 amide bonds. The zero-order valence-electron chi connectivity index (χ0n) is 24.4. The lowest BCUT2D eigenvalue weighted by molar-refractivity contribution is 0.0639. The predicted molar refractivity (Wildman–Crippen MR) is 158 cm³/mol. The van der Waals surface area contributed by atoms with Crippen molar-refractivity contribution in [2.24, 2.45) is 11.7 Å². The fraction of sp³-hybridized carbons (Fsp3) is 0.452. The molecule has 39 heavy (non-hydrogen) atoms. The normalized spacial score (nSPS) is 11.8. The summed E-state index contributed by atoms with van der Waals surface area (Å²) in [6.07, 6.45) is 5.76. The number of hydrogen-bond donors (Lipinski definition) is 3. The van der Waals surface area contributed by atoms with E-state index in [1.54, 1.807) is 6.07 Å². The Kier molecular flexibility index (Phi) is 24.3. The summed E-state index contributed by atoms with van der Waals surface area (Å²) in [6, 6.07) is 7.81. The van der Waals surface area contributed by atoms with E-state index < -0.39 is 11.7 Å². The van der Waals surface area contributed by atoms with Crippen molar-refractivity contribution in [2.75, 3.05) is 26.9 Å². The third kappa shape index (κ3) is 18.6. The fourth-order valence-corrected chi connectivity index (χ4v) is 3.01. The summed E-state index contributed by atoms with van der Waals surface area (Å²) in [5.74, 6) is -0.0397. The van der Waals surface area contributed by atoms with Crippen LogP contribution in [0.3, 0.4) is 0 Å². The Morgan fingerprint density at radius 2 is 1.82 bits per heavy atom. The molecule has 218 valence electrons. The van der Waals surface area contributed by atoms with Crippen molar-refractivity contribution in [3.8, 4) is 11.6 Å². The van der Waals surface area contributed by atoms with Crippen LogP contribution in [0.25, 0.3) is 0 Å². The third-order valence-electron chi connectivity index (χ3n) is 5.23. The van der Waals surface area contributed by atoms with Gasteiger partial charge in [0.15, 0.2) is 11.6 Å². The molecule has 0 unspecified atom stereocenters. The summed E-state index contributed by atoms with van der Waals surface area (Å²) in [5.41, 5.74) is 9.78. The summed E-state index contributed by atoms with van der Waals surface area (Å²) >= 11 is 0. The van der Waals surface area contributed by atoms with Gasteiger partial charge in [-0.3, -0.25) is 4.79 Å². The van der Waals surface area contributed by atoms with Crippen LogP contribution in [0, 0.1) is 11.7 Å². The second-order valence-corrected chi connectivity index (χ2v) is 8.20. The van der Waals surface area contributed by atoms with E-state index in [9.17, 15) is 9.18 Å². The molecule has 0 aliphatic carbocycles. The summed E-state index contributed by atoms with van der Waals surface area (Å²) in [4.78, 5) is 15.0. The molecule has 1 aromatic carbocycles. The Balaban J connectivity index is 0. The molecular weight excluding hydrogens is 497 g/mol. The highest BCUT2D eigenvalue weighted by atomic mass is 19.1. The van der Waals surface area contributed by atoms with Crippen molar-refractivity contribution in [1.29, 1.82) is 0 Å². The van der Waals surface area contributed by atoms with Gasteiger partial charge in [0.1, 0.15) is 0 Å². The summed E-state index contributed by atoms with van der Waals surface area (Å²) in [5, 5.41) is 10.4. The molecule has 4 N–H and O–H groups in total. The average Bonchev–Trinajstić information content (AvgIpc) is 2.96. The van der Waals surface area contributed by atoms with Gasteiger partial charge in [0, 0.05) is 39.1 Å². The first-order valence-corrected chi connectivity index (χ1v) is 13.2. The Morgan fingerprint density at radius 1 is 1.23 bits per heavy atom. The van der Waals surface area contributed by atoms with Crippen LogP contribution in [0.15, 0.2) is 67.6 Å². The van der Waals surface area contributed by atoms with Gasteiger partial charge in [-0.15, -0.1) is 12.3 Å². The van der Waals surface area contributed by atoms with E-state index in [2.05, 4.69) is 42.7 Å². The van der Waals surface area contributed by atoms with Crippen LogP contribution >= 0.6 is 0 Å². The number of hydrogen-bond acceptors (Lipinski definition) is 6. The highest BCUT2D eigenvalue weighted by Gasteiger charge is 2.13. The zero-order valence-corrected chi connectivity index (χ0v) is 24.4. The highest BCUT2D eigenvalue weighted by Crippen LogP contribution is 2.24. The SMILES string of the molecule is C=C(C)CC.C=C=C.CC.CO.NC(=O)c1ccc(Oc2ccc(CNCCC3CCOCC3)cc2F)nc1. The number of nitrogens with one attached hydrogen (secondary N) is 1. The predicted octanol–water partition coefficient (Wildman–Crippen LogP) is 6.58. The van der Waals surface area contributed by atoms with Crippen molar-refractivity contribution in [1.82, 2.24) is 10.3 Å². The van der Waals surface area contributed by atoms with Gasteiger partial charge in [-0.2, -0.15) is 0 Å². The minimum atomic E-state index is -0.575. The monoisotopic (exact) mass is 545 g/mol. The van der Waals surface area contributed by atoms with E-state index in [-0.39, 0.29) is 17.2 Å². The van der Waals surface area contributed by atoms with Gasteiger partial charge < -0.3 is 25.6 Å². The van der Waals surface area contributed by atoms with Crippen molar-refractivity contribution < 1.29 is 23.8 Å². The number of aliphatic hydroxyl groups excluding tert-OH is 1. The molecule has 0 radical (unpaired) electrons. The Hall–Kier alpha value is -3.29. The number of nitrogens with zero attached hydrogens (tertiary/aromatic N) is 1. The summed E-state index contributed by atoms with van der Waals surface area (Å²) in [6.45, 7) is 21.3. The standard InChI is InChI=1S/C20H24FN3O3.C5H10.C3H4.C2H6.CH4O/c21-17-11-15(12-23-8-5-14-6-9-26-10-7-14)1-3-18(17)27-19-4-2-16(13-24-19)20(22)25;1-4-5(2)3;1-3-2;2*1-2/h1-4,11,13-14,23H,5-10,12H2,(H2,22,25);2,4H2,1,3H3;1-2H2;1-2H3;2H,1H3. The minimum Gasteiger partial charge on any atom is -0.436 e. The smallest absolute Gasteiger partial charge is 0.250 e. The van der Waals surface area contributed by atoms with Crippen LogP contribution in [0.2, 0.25) is 0 Å². The Morgan fingerprint density at radius 3 is 2.28 bits per heavy atom. The number of allylic oxidation sites excluding steroid dienone is 1. The van der Waals surface area contributed by atoms with Crippen LogP contribution in [0.5, 0.6) is 11.6 Å². The number of halogens is 1. The number of aromatic nitrogens is 1. The third-order valence-corrected chi connectivity index (χ3v) is 5.23. The number of ether oxygens (including phenoxy) is 2. The van der Waals surface area contributed by atoms with Gasteiger partial charge in [-0.25, -0.2) is 9.37 Å². The average molecular weight is 546 g/mol. The molecular formula is C31H48FN3O4. The van der Waals surface area contributed by atoms with Crippen molar-refractivity contribution in [3.05, 3.63) is 84.5 Å². The molecule has 2 heterocycles. The quantitative estimate of drug-likeness (QED) is 0.187. The largest absolute Gasteiger partial charge is 0.436 e. The molecule has 0 saturated carbocycles. The number of benzene rings is 1. The maximum Gasteiger partial charge on any atom is 0.250 e. The lowest BCUT2D eigenvalue weighted by atomic mass is 9.97. The van der Waals surface area contributed by atoms with E-state index in [1.807, 2.05) is 26.8 Å². The minimum absolute atomic E-state index is 0.0836.